The SMILES string of the molecule is CC(C)CCC(Br)c1ccc2c(c1)NC(=O)CC(=O)N2. The first-order chi connectivity index (χ1) is 9.45. The molecule has 1 heterocycles. The van der Waals surface area contributed by atoms with Gasteiger partial charge in [0.25, 0.3) is 0 Å². The van der Waals surface area contributed by atoms with Crippen LogP contribution in [0.1, 0.15) is 43.5 Å². The molecular weight excluding hydrogens is 320 g/mol. The predicted octanol–water partition coefficient (Wildman–Crippen LogP) is 3.84. The molecule has 4 nitrogen and oxygen atoms in total. The van der Waals surface area contributed by atoms with Crippen molar-refractivity contribution in [1.82, 2.24) is 0 Å². The van der Waals surface area contributed by atoms with E-state index in [4.69, 9.17) is 0 Å². The second-order valence-corrected chi connectivity index (χ2v) is 6.62. The maximum absolute atomic E-state index is 11.6. The summed E-state index contributed by atoms with van der Waals surface area (Å²) in [5.41, 5.74) is 2.45. The number of rotatable bonds is 4. The molecule has 1 aliphatic heterocycles. The fourth-order valence-corrected chi connectivity index (χ4v) is 2.70. The number of carbonyl (C=O) groups is 2. The smallest absolute Gasteiger partial charge is 0.233 e. The van der Waals surface area contributed by atoms with Crippen molar-refractivity contribution in [3.63, 3.8) is 0 Å². The summed E-state index contributed by atoms with van der Waals surface area (Å²) in [5, 5.41) is 5.50. The minimum atomic E-state index is -0.274. The van der Waals surface area contributed by atoms with Gasteiger partial charge in [0.05, 0.1) is 11.4 Å². The first-order valence-electron chi connectivity index (χ1n) is 6.83. The van der Waals surface area contributed by atoms with Crippen LogP contribution in [-0.2, 0) is 9.59 Å². The second-order valence-electron chi connectivity index (χ2n) is 5.52. The van der Waals surface area contributed by atoms with Crippen molar-refractivity contribution >= 4 is 39.1 Å². The van der Waals surface area contributed by atoms with E-state index >= 15 is 0 Å². The summed E-state index contributed by atoms with van der Waals surface area (Å²) in [7, 11) is 0. The number of amides is 2. The van der Waals surface area contributed by atoms with Gasteiger partial charge in [0, 0.05) is 4.83 Å². The van der Waals surface area contributed by atoms with E-state index in [1.54, 1.807) is 0 Å². The molecule has 20 heavy (non-hydrogen) atoms. The van der Waals surface area contributed by atoms with Crippen LogP contribution in [0.4, 0.5) is 11.4 Å². The van der Waals surface area contributed by atoms with Crippen molar-refractivity contribution in [2.75, 3.05) is 10.6 Å². The van der Waals surface area contributed by atoms with E-state index in [1.165, 1.54) is 0 Å². The number of anilines is 2. The molecule has 1 atom stereocenters. The van der Waals surface area contributed by atoms with Crippen LogP contribution in [0.25, 0.3) is 0 Å². The molecule has 2 rings (SSSR count). The van der Waals surface area contributed by atoms with Gasteiger partial charge in [0.1, 0.15) is 6.42 Å². The molecule has 108 valence electrons. The Balaban J connectivity index is 2.18. The summed E-state index contributed by atoms with van der Waals surface area (Å²) >= 11 is 3.69. The minimum Gasteiger partial charge on any atom is -0.324 e. The molecule has 2 amide bonds. The molecule has 0 saturated carbocycles. The molecule has 0 aliphatic carbocycles. The van der Waals surface area contributed by atoms with E-state index in [0.29, 0.717) is 17.3 Å². The van der Waals surface area contributed by atoms with Crippen molar-refractivity contribution in [2.24, 2.45) is 5.92 Å². The lowest BCUT2D eigenvalue weighted by Crippen LogP contribution is -2.16. The zero-order valence-corrected chi connectivity index (χ0v) is 13.3. The Labute approximate surface area is 127 Å². The normalized spacial score (nSPS) is 16.2. The largest absolute Gasteiger partial charge is 0.324 e. The number of halogens is 1. The zero-order valence-electron chi connectivity index (χ0n) is 11.7. The highest BCUT2D eigenvalue weighted by Gasteiger charge is 2.19. The fraction of sp³-hybridized carbons (Fsp3) is 0.467. The first kappa shape index (κ1) is 15.0. The Morgan fingerprint density at radius 1 is 1.10 bits per heavy atom. The molecule has 1 aliphatic rings. The van der Waals surface area contributed by atoms with E-state index < -0.39 is 0 Å². The summed E-state index contributed by atoms with van der Waals surface area (Å²) < 4.78 is 0. The first-order valence-corrected chi connectivity index (χ1v) is 7.75. The topological polar surface area (TPSA) is 58.2 Å². The molecule has 0 radical (unpaired) electrons. The molecule has 2 N–H and O–H groups in total. The Morgan fingerprint density at radius 3 is 2.40 bits per heavy atom. The molecule has 1 unspecified atom stereocenters. The highest BCUT2D eigenvalue weighted by molar-refractivity contribution is 9.09. The van der Waals surface area contributed by atoms with Crippen LogP contribution in [0.15, 0.2) is 18.2 Å². The summed E-state index contributed by atoms with van der Waals surface area (Å²) in [6, 6.07) is 5.76. The maximum atomic E-state index is 11.6. The minimum absolute atomic E-state index is 0.130. The van der Waals surface area contributed by atoms with Crippen LogP contribution in [0.3, 0.4) is 0 Å². The van der Waals surface area contributed by atoms with Crippen molar-refractivity contribution in [1.29, 1.82) is 0 Å². The van der Waals surface area contributed by atoms with Gasteiger partial charge in [-0.05, 0) is 36.5 Å². The lowest BCUT2D eigenvalue weighted by atomic mass is 10.0. The zero-order chi connectivity index (χ0) is 14.7. The number of fused-ring (bicyclic) bond motifs is 1. The second kappa shape index (κ2) is 6.39. The van der Waals surface area contributed by atoms with Gasteiger partial charge in [0.2, 0.25) is 11.8 Å². The molecule has 0 fully saturated rings. The summed E-state index contributed by atoms with van der Waals surface area (Å²) in [6.45, 7) is 4.40. The molecule has 0 spiro atoms. The number of carbonyl (C=O) groups excluding carboxylic acids is 2. The van der Waals surface area contributed by atoms with E-state index in [0.717, 1.165) is 18.4 Å². The number of hydrogen-bond acceptors (Lipinski definition) is 2. The van der Waals surface area contributed by atoms with Crippen molar-refractivity contribution in [3.8, 4) is 0 Å². The molecule has 0 aromatic heterocycles. The standard InChI is InChI=1S/C15H19BrN2O2/c1-9(2)3-5-11(16)10-4-6-12-13(7-10)18-15(20)8-14(19)17-12/h4,6-7,9,11H,3,5,8H2,1-2H3,(H,17,19)(H,18,20). The van der Waals surface area contributed by atoms with Gasteiger partial charge < -0.3 is 10.6 Å². The van der Waals surface area contributed by atoms with Crippen LogP contribution in [0.5, 0.6) is 0 Å². The van der Waals surface area contributed by atoms with Gasteiger partial charge in [-0.15, -0.1) is 0 Å². The van der Waals surface area contributed by atoms with Gasteiger partial charge in [-0.2, -0.15) is 0 Å². The Bertz CT molecular complexity index is 529. The Hall–Kier alpha value is -1.36. The Morgan fingerprint density at radius 2 is 1.75 bits per heavy atom. The number of hydrogen-bond donors (Lipinski definition) is 2. The quantitative estimate of drug-likeness (QED) is 0.647. The van der Waals surface area contributed by atoms with Gasteiger partial charge in [-0.1, -0.05) is 35.8 Å². The number of benzene rings is 1. The van der Waals surface area contributed by atoms with Crippen molar-refractivity contribution < 1.29 is 9.59 Å². The predicted molar refractivity (Wildman–Crippen MR) is 84.1 cm³/mol. The fourth-order valence-electron chi connectivity index (χ4n) is 2.15. The molecule has 0 bridgehead atoms. The summed E-state index contributed by atoms with van der Waals surface area (Å²) in [6.07, 6.45) is 2.04. The molecule has 1 aromatic carbocycles. The molecule has 1 aromatic rings. The van der Waals surface area contributed by atoms with Crippen molar-refractivity contribution in [3.05, 3.63) is 23.8 Å². The average Bonchev–Trinajstić information content (AvgIpc) is 2.51. The van der Waals surface area contributed by atoms with E-state index in [2.05, 4.69) is 40.4 Å². The van der Waals surface area contributed by atoms with E-state index in [1.807, 2.05) is 18.2 Å². The Kier molecular flexibility index (Phi) is 4.81. The van der Waals surface area contributed by atoms with Crippen LogP contribution in [0.2, 0.25) is 0 Å². The lowest BCUT2D eigenvalue weighted by molar-refractivity contribution is -0.123. The maximum Gasteiger partial charge on any atom is 0.233 e. The van der Waals surface area contributed by atoms with Crippen LogP contribution >= 0.6 is 15.9 Å². The number of nitrogens with one attached hydrogen (secondary N) is 2. The van der Waals surface area contributed by atoms with E-state index in [-0.39, 0.29) is 23.1 Å². The average molecular weight is 339 g/mol. The third kappa shape index (κ3) is 3.82. The van der Waals surface area contributed by atoms with Crippen LogP contribution in [-0.4, -0.2) is 11.8 Å². The molecule has 0 saturated heterocycles. The summed E-state index contributed by atoms with van der Waals surface area (Å²) in [4.78, 5) is 23.3. The van der Waals surface area contributed by atoms with E-state index in [9.17, 15) is 9.59 Å². The highest BCUT2D eigenvalue weighted by atomic mass is 79.9. The van der Waals surface area contributed by atoms with Gasteiger partial charge >= 0.3 is 0 Å². The monoisotopic (exact) mass is 338 g/mol. The van der Waals surface area contributed by atoms with Gasteiger partial charge in [0.15, 0.2) is 0 Å². The third-order valence-electron chi connectivity index (χ3n) is 3.27. The molecular formula is C15H19BrN2O2. The molecule has 5 heteroatoms. The summed E-state index contributed by atoms with van der Waals surface area (Å²) in [5.74, 6) is 0.116. The lowest BCUT2D eigenvalue weighted by Gasteiger charge is -2.15. The third-order valence-corrected chi connectivity index (χ3v) is 4.26. The van der Waals surface area contributed by atoms with Crippen LogP contribution in [0, 0.1) is 5.92 Å². The van der Waals surface area contributed by atoms with Crippen LogP contribution < -0.4 is 10.6 Å². The highest BCUT2D eigenvalue weighted by Crippen LogP contribution is 2.34. The van der Waals surface area contributed by atoms with Gasteiger partial charge in [-0.25, -0.2) is 0 Å². The van der Waals surface area contributed by atoms with Gasteiger partial charge in [-0.3, -0.25) is 9.59 Å². The van der Waals surface area contributed by atoms with Crippen molar-refractivity contribution in [2.45, 2.75) is 37.9 Å². The number of alkyl halides is 1.